The molecule has 2 aromatic heterocycles. The maximum absolute atomic E-state index is 12.3. The van der Waals surface area contributed by atoms with Gasteiger partial charge in [-0.3, -0.25) is 19.3 Å². The first-order chi connectivity index (χ1) is 13.0. The van der Waals surface area contributed by atoms with E-state index in [1.54, 1.807) is 30.5 Å². The Kier molecular flexibility index (Phi) is 4.19. The van der Waals surface area contributed by atoms with Crippen LogP contribution in [0.1, 0.15) is 38.4 Å². The third kappa shape index (κ3) is 3.08. The third-order valence-corrected chi connectivity index (χ3v) is 4.53. The number of fused-ring (bicyclic) bond motifs is 2. The van der Waals surface area contributed by atoms with Gasteiger partial charge in [-0.25, -0.2) is 4.98 Å². The molecule has 0 spiro atoms. The van der Waals surface area contributed by atoms with Crippen LogP contribution in [0.5, 0.6) is 0 Å². The fraction of sp³-hybridized carbons (Fsp3) is 0.200. The summed E-state index contributed by atoms with van der Waals surface area (Å²) in [6.07, 6.45) is 3.63. The van der Waals surface area contributed by atoms with Gasteiger partial charge in [-0.05, 0) is 30.7 Å². The smallest absolute Gasteiger partial charge is 0.307 e. The lowest BCUT2D eigenvalue weighted by Crippen LogP contribution is -2.32. The van der Waals surface area contributed by atoms with Crippen molar-refractivity contribution in [1.29, 1.82) is 0 Å². The molecular formula is C20H17N3O4. The molecule has 1 aliphatic rings. The van der Waals surface area contributed by atoms with Crippen LogP contribution in [0.25, 0.3) is 5.65 Å². The first kappa shape index (κ1) is 17.0. The van der Waals surface area contributed by atoms with Gasteiger partial charge in [0, 0.05) is 18.9 Å². The summed E-state index contributed by atoms with van der Waals surface area (Å²) < 4.78 is 7.11. The van der Waals surface area contributed by atoms with Crippen molar-refractivity contribution in [2.45, 2.75) is 20.0 Å². The molecule has 3 heterocycles. The summed E-state index contributed by atoms with van der Waals surface area (Å²) in [5.41, 5.74) is 3.22. The molecule has 7 heteroatoms. The molecular weight excluding hydrogens is 346 g/mol. The summed E-state index contributed by atoms with van der Waals surface area (Å²) in [6, 6.07) is 10.5. The molecule has 0 bridgehead atoms. The number of hydrogen-bond acceptors (Lipinski definition) is 5. The number of aromatic nitrogens is 2. The molecule has 0 unspecified atom stereocenters. The second kappa shape index (κ2) is 6.68. The Balaban J connectivity index is 1.34. The number of carbonyl (C=O) groups excluding carboxylic acids is 3. The average molecular weight is 363 g/mol. The van der Waals surface area contributed by atoms with Crippen LogP contribution in [-0.2, 0) is 16.1 Å². The second-order valence-corrected chi connectivity index (χ2v) is 6.37. The largest absolute Gasteiger partial charge is 0.459 e. The summed E-state index contributed by atoms with van der Waals surface area (Å²) in [7, 11) is 0. The lowest BCUT2D eigenvalue weighted by Gasteiger charge is -2.12. The average Bonchev–Trinajstić information content (AvgIpc) is 3.20. The lowest BCUT2D eigenvalue weighted by atomic mass is 10.1. The van der Waals surface area contributed by atoms with Crippen molar-refractivity contribution in [1.82, 2.24) is 14.3 Å². The van der Waals surface area contributed by atoms with Gasteiger partial charge in [0.05, 0.1) is 23.2 Å². The van der Waals surface area contributed by atoms with Crippen molar-refractivity contribution in [3.05, 3.63) is 71.2 Å². The SMILES string of the molecule is Cc1cccn2cc(COC(=O)CCN3C(=O)c4ccccc4C3=O)nc12. The summed E-state index contributed by atoms with van der Waals surface area (Å²) in [5.74, 6) is -1.24. The van der Waals surface area contributed by atoms with E-state index in [0.717, 1.165) is 16.1 Å². The lowest BCUT2D eigenvalue weighted by molar-refractivity contribution is -0.145. The molecule has 0 saturated carbocycles. The van der Waals surface area contributed by atoms with Crippen molar-refractivity contribution >= 4 is 23.4 Å². The number of amides is 2. The van der Waals surface area contributed by atoms with Gasteiger partial charge >= 0.3 is 5.97 Å². The standard InChI is InChI=1S/C20H17N3O4/c1-13-5-4-9-22-11-14(21-18(13)22)12-27-17(24)8-10-23-19(25)15-6-2-3-7-16(15)20(23)26/h2-7,9,11H,8,10,12H2,1H3. The third-order valence-electron chi connectivity index (χ3n) is 4.53. The van der Waals surface area contributed by atoms with Crippen molar-refractivity contribution in [3.8, 4) is 0 Å². The number of aryl methyl sites for hydroxylation is 1. The van der Waals surface area contributed by atoms with Crippen LogP contribution in [0.4, 0.5) is 0 Å². The van der Waals surface area contributed by atoms with Crippen LogP contribution in [0.15, 0.2) is 48.8 Å². The number of nitrogens with zero attached hydrogens (tertiary/aromatic N) is 3. The van der Waals surface area contributed by atoms with Crippen LogP contribution in [-0.4, -0.2) is 38.6 Å². The van der Waals surface area contributed by atoms with E-state index in [0.29, 0.717) is 16.8 Å². The second-order valence-electron chi connectivity index (χ2n) is 6.37. The van der Waals surface area contributed by atoms with Crippen LogP contribution < -0.4 is 0 Å². The molecule has 0 saturated heterocycles. The van der Waals surface area contributed by atoms with Gasteiger partial charge in [-0.1, -0.05) is 18.2 Å². The van der Waals surface area contributed by atoms with Crippen LogP contribution in [0.2, 0.25) is 0 Å². The molecule has 0 aliphatic carbocycles. The number of rotatable bonds is 5. The predicted molar refractivity (Wildman–Crippen MR) is 96.2 cm³/mol. The molecule has 0 radical (unpaired) electrons. The predicted octanol–water partition coefficient (Wildman–Crippen LogP) is 2.37. The Morgan fingerprint density at radius 3 is 2.44 bits per heavy atom. The Hall–Kier alpha value is -3.48. The summed E-state index contributed by atoms with van der Waals surface area (Å²) >= 11 is 0. The molecule has 7 nitrogen and oxygen atoms in total. The molecule has 0 N–H and O–H groups in total. The number of carbonyl (C=O) groups is 3. The Morgan fingerprint density at radius 1 is 1.07 bits per heavy atom. The van der Waals surface area contributed by atoms with Crippen molar-refractivity contribution in [3.63, 3.8) is 0 Å². The number of benzene rings is 1. The van der Waals surface area contributed by atoms with E-state index < -0.39 is 5.97 Å². The minimum atomic E-state index is -0.486. The maximum atomic E-state index is 12.3. The molecule has 1 aliphatic heterocycles. The normalized spacial score (nSPS) is 13.3. The zero-order chi connectivity index (χ0) is 19.0. The van der Waals surface area contributed by atoms with E-state index in [9.17, 15) is 14.4 Å². The van der Waals surface area contributed by atoms with Crippen LogP contribution in [0, 0.1) is 6.92 Å². The van der Waals surface area contributed by atoms with E-state index in [2.05, 4.69) is 4.98 Å². The van der Waals surface area contributed by atoms with Crippen molar-refractivity contribution in [2.24, 2.45) is 0 Å². The van der Waals surface area contributed by atoms with Crippen LogP contribution in [0.3, 0.4) is 0 Å². The fourth-order valence-corrected chi connectivity index (χ4v) is 3.15. The summed E-state index contributed by atoms with van der Waals surface area (Å²) in [5, 5.41) is 0. The molecule has 2 amide bonds. The zero-order valence-corrected chi connectivity index (χ0v) is 14.7. The first-order valence-electron chi connectivity index (χ1n) is 8.58. The Labute approximate surface area is 155 Å². The molecule has 0 fully saturated rings. The summed E-state index contributed by atoms with van der Waals surface area (Å²) in [4.78, 5) is 42.1. The fourth-order valence-electron chi connectivity index (χ4n) is 3.15. The van der Waals surface area contributed by atoms with Gasteiger partial charge in [0.2, 0.25) is 0 Å². The van der Waals surface area contributed by atoms with Gasteiger partial charge < -0.3 is 9.14 Å². The number of pyridine rings is 1. The van der Waals surface area contributed by atoms with Gasteiger partial charge in [0.25, 0.3) is 11.8 Å². The highest BCUT2D eigenvalue weighted by Crippen LogP contribution is 2.22. The van der Waals surface area contributed by atoms with E-state index in [1.165, 1.54) is 0 Å². The molecule has 4 rings (SSSR count). The minimum Gasteiger partial charge on any atom is -0.459 e. The highest BCUT2D eigenvalue weighted by atomic mass is 16.5. The molecule has 3 aromatic rings. The van der Waals surface area contributed by atoms with E-state index in [1.807, 2.05) is 29.7 Å². The molecule has 1 aromatic carbocycles. The summed E-state index contributed by atoms with van der Waals surface area (Å²) in [6.45, 7) is 2.00. The van der Waals surface area contributed by atoms with E-state index >= 15 is 0 Å². The maximum Gasteiger partial charge on any atom is 0.307 e. The van der Waals surface area contributed by atoms with Gasteiger partial charge in [-0.15, -0.1) is 0 Å². The molecule has 136 valence electrons. The number of imidazole rings is 1. The minimum absolute atomic E-state index is 0.00451. The molecule has 0 atom stereocenters. The monoisotopic (exact) mass is 363 g/mol. The van der Waals surface area contributed by atoms with E-state index in [-0.39, 0.29) is 31.4 Å². The van der Waals surface area contributed by atoms with Gasteiger partial charge in [-0.2, -0.15) is 0 Å². The van der Waals surface area contributed by atoms with Gasteiger partial charge in [0.15, 0.2) is 0 Å². The zero-order valence-electron chi connectivity index (χ0n) is 14.7. The quantitative estimate of drug-likeness (QED) is 0.513. The highest BCUT2D eigenvalue weighted by Gasteiger charge is 2.35. The molecule has 27 heavy (non-hydrogen) atoms. The van der Waals surface area contributed by atoms with E-state index in [4.69, 9.17) is 4.74 Å². The van der Waals surface area contributed by atoms with Crippen molar-refractivity contribution in [2.75, 3.05) is 6.54 Å². The number of ether oxygens (including phenoxy) is 1. The number of esters is 1. The Bertz CT molecular complexity index is 1040. The van der Waals surface area contributed by atoms with Gasteiger partial charge in [0.1, 0.15) is 12.3 Å². The number of imide groups is 1. The van der Waals surface area contributed by atoms with Crippen LogP contribution >= 0.6 is 0 Å². The Morgan fingerprint density at radius 2 is 1.78 bits per heavy atom. The topological polar surface area (TPSA) is 81.0 Å². The van der Waals surface area contributed by atoms with Crippen molar-refractivity contribution < 1.29 is 19.1 Å². The number of hydrogen-bond donors (Lipinski definition) is 0. The highest BCUT2D eigenvalue weighted by molar-refractivity contribution is 6.21. The first-order valence-corrected chi connectivity index (χ1v) is 8.58.